The molecule has 0 bridgehead atoms. The van der Waals surface area contributed by atoms with E-state index in [0.717, 1.165) is 31.7 Å². The summed E-state index contributed by atoms with van der Waals surface area (Å²) in [5.41, 5.74) is 1.12. The minimum absolute atomic E-state index is 0.124. The van der Waals surface area contributed by atoms with Crippen molar-refractivity contribution in [1.29, 1.82) is 0 Å². The van der Waals surface area contributed by atoms with E-state index in [9.17, 15) is 18.3 Å². The van der Waals surface area contributed by atoms with Gasteiger partial charge in [0.1, 0.15) is 0 Å². The Labute approximate surface area is 134 Å². The average molecular weight is 329 g/mol. The monoisotopic (exact) mass is 329 g/mol. The molecule has 0 aromatic heterocycles. The fourth-order valence-electron chi connectivity index (χ4n) is 3.80. The number of benzene rings is 1. The third-order valence-electron chi connectivity index (χ3n) is 5.03. The molecule has 2 aliphatic rings. The lowest BCUT2D eigenvalue weighted by Gasteiger charge is -2.36. The molecule has 23 heavy (non-hydrogen) atoms. The highest BCUT2D eigenvalue weighted by molar-refractivity contribution is 5.23. The second kappa shape index (κ2) is 6.42. The summed E-state index contributed by atoms with van der Waals surface area (Å²) >= 11 is 0. The number of nitrogens with zero attached hydrogens (tertiary/aromatic N) is 1. The van der Waals surface area contributed by atoms with Crippen LogP contribution in [0.3, 0.4) is 0 Å². The van der Waals surface area contributed by atoms with Gasteiger partial charge in [-0.2, -0.15) is 13.2 Å². The van der Waals surface area contributed by atoms with Crippen molar-refractivity contribution in [3.63, 3.8) is 0 Å². The zero-order valence-electron chi connectivity index (χ0n) is 13.0. The molecule has 3 nitrogen and oxygen atoms in total. The third-order valence-corrected chi connectivity index (χ3v) is 5.03. The maximum Gasteiger partial charge on any atom is 0.393 e. The Kier molecular flexibility index (Phi) is 4.67. The SMILES string of the molecule is OC[C@]12COCC[C@H]1CN(Cc1ccc(CC(F)(F)F)cc1)C2. The fraction of sp³-hybridized carbons (Fsp3) is 0.647. The summed E-state index contributed by atoms with van der Waals surface area (Å²) in [5, 5.41) is 9.77. The number of aliphatic hydroxyl groups is 1. The number of ether oxygens (including phenoxy) is 1. The second-order valence-electron chi connectivity index (χ2n) is 6.84. The third kappa shape index (κ3) is 3.87. The number of rotatable bonds is 4. The Hall–Kier alpha value is -1.11. The molecule has 128 valence electrons. The van der Waals surface area contributed by atoms with Gasteiger partial charge in [0.2, 0.25) is 0 Å². The van der Waals surface area contributed by atoms with Gasteiger partial charge >= 0.3 is 6.18 Å². The molecule has 2 saturated heterocycles. The van der Waals surface area contributed by atoms with Gasteiger partial charge in [0, 0.05) is 31.7 Å². The maximum atomic E-state index is 12.4. The Morgan fingerprint density at radius 3 is 2.52 bits per heavy atom. The molecule has 2 heterocycles. The molecule has 1 aromatic carbocycles. The number of fused-ring (bicyclic) bond motifs is 1. The van der Waals surface area contributed by atoms with Crippen LogP contribution in [0.15, 0.2) is 24.3 Å². The van der Waals surface area contributed by atoms with Gasteiger partial charge in [0.05, 0.1) is 19.6 Å². The first-order valence-corrected chi connectivity index (χ1v) is 7.96. The van der Waals surface area contributed by atoms with Crippen LogP contribution in [-0.4, -0.2) is 49.1 Å². The van der Waals surface area contributed by atoms with E-state index >= 15 is 0 Å². The Bertz CT molecular complexity index is 532. The van der Waals surface area contributed by atoms with E-state index in [2.05, 4.69) is 4.90 Å². The number of hydrogen-bond donors (Lipinski definition) is 1. The number of alkyl halides is 3. The standard InChI is InChI=1S/C17H22F3NO2/c18-17(19,20)7-13-1-3-14(4-2-13)8-21-9-15-5-6-23-12-16(15,10-21)11-22/h1-4,15,22H,5-12H2/t15-,16+/m0/s1. The van der Waals surface area contributed by atoms with Crippen LogP contribution in [-0.2, 0) is 17.7 Å². The van der Waals surface area contributed by atoms with Gasteiger partial charge < -0.3 is 9.84 Å². The van der Waals surface area contributed by atoms with Crippen LogP contribution in [0.1, 0.15) is 17.5 Å². The van der Waals surface area contributed by atoms with E-state index in [1.54, 1.807) is 24.3 Å². The van der Waals surface area contributed by atoms with E-state index in [4.69, 9.17) is 4.74 Å². The predicted octanol–water partition coefficient (Wildman–Crippen LogP) is 2.62. The molecular formula is C17H22F3NO2. The Balaban J connectivity index is 1.62. The van der Waals surface area contributed by atoms with Gasteiger partial charge in [0.15, 0.2) is 0 Å². The lowest BCUT2D eigenvalue weighted by molar-refractivity contribution is -0.127. The van der Waals surface area contributed by atoms with E-state index in [1.165, 1.54) is 0 Å². The first-order chi connectivity index (χ1) is 10.9. The van der Waals surface area contributed by atoms with Crippen LogP contribution in [0.5, 0.6) is 0 Å². The van der Waals surface area contributed by atoms with Gasteiger partial charge in [-0.3, -0.25) is 4.90 Å². The molecule has 2 atom stereocenters. The van der Waals surface area contributed by atoms with Gasteiger partial charge in [-0.25, -0.2) is 0 Å². The van der Waals surface area contributed by atoms with Gasteiger partial charge in [-0.1, -0.05) is 24.3 Å². The van der Waals surface area contributed by atoms with Gasteiger partial charge in [0.25, 0.3) is 0 Å². The van der Waals surface area contributed by atoms with Crippen LogP contribution in [0, 0.1) is 11.3 Å². The molecule has 0 saturated carbocycles. The molecule has 2 aliphatic heterocycles. The molecule has 0 amide bonds. The summed E-state index contributed by atoms with van der Waals surface area (Å²) in [5.74, 6) is 0.436. The highest BCUT2D eigenvalue weighted by atomic mass is 19.4. The average Bonchev–Trinajstić information content (AvgIpc) is 2.86. The molecule has 0 unspecified atom stereocenters. The van der Waals surface area contributed by atoms with Crippen molar-refractivity contribution in [2.75, 3.05) is 32.9 Å². The molecule has 6 heteroatoms. The topological polar surface area (TPSA) is 32.7 Å². The summed E-state index contributed by atoms with van der Waals surface area (Å²) < 4.78 is 42.7. The summed E-state index contributed by atoms with van der Waals surface area (Å²) in [6.45, 7) is 3.84. The van der Waals surface area contributed by atoms with Crippen molar-refractivity contribution in [3.05, 3.63) is 35.4 Å². The maximum absolute atomic E-state index is 12.4. The number of hydrogen-bond acceptors (Lipinski definition) is 3. The highest BCUT2D eigenvalue weighted by Gasteiger charge is 2.47. The summed E-state index contributed by atoms with van der Waals surface area (Å²) in [7, 11) is 0. The van der Waals surface area contributed by atoms with Gasteiger partial charge in [-0.15, -0.1) is 0 Å². The van der Waals surface area contributed by atoms with E-state index in [1.807, 2.05) is 0 Å². The van der Waals surface area contributed by atoms with Crippen LogP contribution in [0.4, 0.5) is 13.2 Å². The van der Waals surface area contributed by atoms with Crippen LogP contribution in [0.25, 0.3) is 0 Å². The summed E-state index contributed by atoms with van der Waals surface area (Å²) in [6, 6.07) is 6.64. The molecule has 1 N–H and O–H groups in total. The minimum Gasteiger partial charge on any atom is -0.396 e. The molecule has 0 spiro atoms. The molecule has 2 fully saturated rings. The lowest BCUT2D eigenvalue weighted by Crippen LogP contribution is -2.42. The van der Waals surface area contributed by atoms with Crippen molar-refractivity contribution in [3.8, 4) is 0 Å². The smallest absolute Gasteiger partial charge is 0.393 e. The Morgan fingerprint density at radius 2 is 1.91 bits per heavy atom. The lowest BCUT2D eigenvalue weighted by atomic mass is 9.76. The van der Waals surface area contributed by atoms with Gasteiger partial charge in [-0.05, 0) is 23.5 Å². The predicted molar refractivity (Wildman–Crippen MR) is 79.9 cm³/mol. The molecule has 0 aliphatic carbocycles. The van der Waals surface area contributed by atoms with Crippen molar-refractivity contribution >= 4 is 0 Å². The number of aliphatic hydroxyl groups excluding tert-OH is 1. The first-order valence-electron chi connectivity index (χ1n) is 7.96. The molecule has 1 aromatic rings. The zero-order chi connectivity index (χ0) is 16.5. The minimum atomic E-state index is -4.17. The number of likely N-dealkylation sites (tertiary alicyclic amines) is 1. The van der Waals surface area contributed by atoms with E-state index < -0.39 is 12.6 Å². The van der Waals surface area contributed by atoms with E-state index in [0.29, 0.717) is 19.1 Å². The van der Waals surface area contributed by atoms with Crippen molar-refractivity contribution < 1.29 is 23.0 Å². The van der Waals surface area contributed by atoms with Crippen molar-refractivity contribution in [2.24, 2.45) is 11.3 Å². The normalized spacial score (nSPS) is 28.8. The molecule has 0 radical (unpaired) electrons. The quantitative estimate of drug-likeness (QED) is 0.922. The number of halogens is 3. The first kappa shape index (κ1) is 16.7. The van der Waals surface area contributed by atoms with Crippen molar-refractivity contribution in [1.82, 2.24) is 4.90 Å². The second-order valence-corrected chi connectivity index (χ2v) is 6.84. The van der Waals surface area contributed by atoms with E-state index in [-0.39, 0.29) is 17.6 Å². The van der Waals surface area contributed by atoms with Crippen molar-refractivity contribution in [2.45, 2.75) is 25.6 Å². The van der Waals surface area contributed by atoms with Crippen LogP contribution in [0.2, 0.25) is 0 Å². The summed E-state index contributed by atoms with van der Waals surface area (Å²) in [4.78, 5) is 2.27. The van der Waals surface area contributed by atoms with Crippen LogP contribution >= 0.6 is 0 Å². The molecule has 3 rings (SSSR count). The van der Waals surface area contributed by atoms with Crippen LogP contribution < -0.4 is 0 Å². The Morgan fingerprint density at radius 1 is 1.22 bits per heavy atom. The summed E-state index contributed by atoms with van der Waals surface area (Å²) in [6.07, 6.45) is -4.09. The fourth-order valence-corrected chi connectivity index (χ4v) is 3.80. The highest BCUT2D eigenvalue weighted by Crippen LogP contribution is 2.41. The zero-order valence-corrected chi connectivity index (χ0v) is 13.0. The largest absolute Gasteiger partial charge is 0.396 e. The molecular weight excluding hydrogens is 307 g/mol.